The van der Waals surface area contributed by atoms with Crippen molar-refractivity contribution in [1.82, 2.24) is 21.3 Å². The van der Waals surface area contributed by atoms with E-state index in [0.29, 0.717) is 0 Å². The Morgan fingerprint density at radius 1 is 0.611 bits per heavy atom. The average molecular weight is 877 g/mol. The summed E-state index contributed by atoms with van der Waals surface area (Å²) in [6, 6.07) is -5.61. The summed E-state index contributed by atoms with van der Waals surface area (Å²) in [5, 5.41) is 41.2. The summed E-state index contributed by atoms with van der Waals surface area (Å²) >= 11 is 0. The first kappa shape index (κ1) is 64.7. The Morgan fingerprint density at radius 3 is 0.972 bits per heavy atom. The van der Waals surface area contributed by atoms with Crippen molar-refractivity contribution < 1.29 is 81.7 Å². The topological polar surface area (TPSA) is 353 Å². The second-order valence-corrected chi connectivity index (χ2v) is 4.75. The van der Waals surface area contributed by atoms with Crippen molar-refractivity contribution in [3.63, 3.8) is 0 Å². The molecule has 0 fully saturated rings. The van der Waals surface area contributed by atoms with Gasteiger partial charge in [-0.2, -0.15) is 0 Å². The van der Waals surface area contributed by atoms with Crippen LogP contribution < -0.4 is 55.7 Å². The third kappa shape index (κ3) is 63.8. The van der Waals surface area contributed by atoms with Crippen LogP contribution in [0.3, 0.4) is 0 Å². The number of hydrogen-bond acceptors (Lipinski definition) is 14. The zero-order valence-corrected chi connectivity index (χ0v) is 23.1. The molecular formula is C16H49N10O8W2-. The normalized spacial score (nSPS) is 8.28. The first-order chi connectivity index (χ1) is 13.1. The summed E-state index contributed by atoms with van der Waals surface area (Å²) in [5.74, 6) is -3.67. The van der Waals surface area contributed by atoms with E-state index in [2.05, 4.69) is 33.6 Å². The summed E-state index contributed by atoms with van der Waals surface area (Å²) in [4.78, 5) is 44.6. The summed E-state index contributed by atoms with van der Waals surface area (Å²) in [7, 11) is 0. The van der Waals surface area contributed by atoms with Crippen LogP contribution in [0, 0.1) is 7.43 Å². The first-order valence-corrected chi connectivity index (χ1v) is 7.54. The molecule has 0 radical (unpaired) electrons. The maximum absolute atomic E-state index is 11.3. The third-order valence-electron chi connectivity index (χ3n) is 1.87. The smallest absolute Gasteiger partial charge is 0.337 e. The Bertz CT molecular complexity index is 486. The van der Waals surface area contributed by atoms with E-state index in [0.717, 1.165) is 0 Å². The maximum Gasteiger partial charge on any atom is 0.337 e. The zero-order chi connectivity index (χ0) is 23.7. The quantitative estimate of drug-likeness (QED) is 0.0614. The molecule has 4 amide bonds. The summed E-state index contributed by atoms with van der Waals surface area (Å²) in [6.07, 6.45) is -1.47. The van der Waals surface area contributed by atoms with Crippen molar-refractivity contribution in [2.75, 3.05) is 20.0 Å². The molecule has 0 bridgehead atoms. The fourth-order valence-corrected chi connectivity index (χ4v) is 1.15. The van der Waals surface area contributed by atoms with Crippen molar-refractivity contribution >= 4 is 23.6 Å². The molecule has 0 rings (SSSR count). The number of aliphatic hydroxyl groups is 4. The van der Waals surface area contributed by atoms with Crippen LogP contribution in [-0.2, 0) is 61.3 Å². The minimum atomic E-state index is -3.11. The fourth-order valence-electron chi connectivity index (χ4n) is 1.15. The molecule has 0 saturated heterocycles. The van der Waals surface area contributed by atoms with E-state index in [1.807, 2.05) is 0 Å². The van der Waals surface area contributed by atoms with Crippen LogP contribution in [0.5, 0.6) is 0 Å². The van der Waals surface area contributed by atoms with Gasteiger partial charge in [0.2, 0.25) is 23.6 Å². The standard InChI is InChI=1S/C9H18N6O6.CH6N2O2.CH6N2.4CH4.CH3.2W/c10-3-12-5(16)1-7(18)14-9(20,21)15-8(19)2-6(17)13-4-11;2-1(3,4)5;2-1-3;;;;;;;/h20-21H,1-4,10-11H2,(H,12,16)(H,13,17)(H,14,18)(H,15,19);4-5H,2-3H2;1-3H2;4*1H4;1H3;;/q;;;;;;;-1;;. The maximum atomic E-state index is 11.3. The predicted molar refractivity (Wildman–Crippen MR) is 129 cm³/mol. The van der Waals surface area contributed by atoms with E-state index >= 15 is 0 Å². The van der Waals surface area contributed by atoms with Crippen LogP contribution in [0.1, 0.15) is 42.5 Å². The first-order valence-electron chi connectivity index (χ1n) is 7.54. The minimum Gasteiger partial charge on any atom is -0.358 e. The van der Waals surface area contributed by atoms with Crippen LogP contribution in [0.2, 0.25) is 0 Å². The monoisotopic (exact) mass is 877 g/mol. The molecule has 0 spiro atoms. The van der Waals surface area contributed by atoms with Gasteiger partial charge >= 0.3 is 6.03 Å². The fraction of sp³-hybridized carbons (Fsp3) is 0.688. The second kappa shape index (κ2) is 36.0. The van der Waals surface area contributed by atoms with Gasteiger partial charge in [0, 0.05) is 48.8 Å². The SMILES string of the molecule is C.C.C.C.NC(N)(O)O.NCN.NCNC(=O)CC(=O)NC(O)(O)NC(=O)CC(=O)NCN.[CH3-].[W].[W]. The van der Waals surface area contributed by atoms with Crippen molar-refractivity contribution in [3.05, 3.63) is 7.43 Å². The molecule has 0 unspecified atom stereocenters. The van der Waals surface area contributed by atoms with E-state index in [4.69, 9.17) is 21.7 Å². The van der Waals surface area contributed by atoms with Gasteiger partial charge in [0.25, 0.3) is 6.03 Å². The Hall–Kier alpha value is -1.14. The van der Waals surface area contributed by atoms with Gasteiger partial charge in [0.05, 0.1) is 13.3 Å². The van der Waals surface area contributed by atoms with Crippen molar-refractivity contribution in [3.8, 4) is 0 Å². The van der Waals surface area contributed by atoms with Crippen LogP contribution in [0.4, 0.5) is 0 Å². The molecule has 20 N–H and O–H groups in total. The number of carbonyl (C=O) groups excluding carboxylic acids is 4. The molecule has 224 valence electrons. The zero-order valence-electron chi connectivity index (χ0n) is 17.2. The minimum absolute atomic E-state index is 0. The molecule has 0 aliphatic carbocycles. The van der Waals surface area contributed by atoms with Gasteiger partial charge in [-0.1, -0.05) is 29.7 Å². The third-order valence-corrected chi connectivity index (χ3v) is 1.87. The molecule has 0 saturated carbocycles. The van der Waals surface area contributed by atoms with Crippen molar-refractivity contribution in [1.29, 1.82) is 0 Å². The molecule has 18 nitrogen and oxygen atoms in total. The van der Waals surface area contributed by atoms with Crippen LogP contribution in [0.25, 0.3) is 0 Å². The average Bonchev–Trinajstić information content (AvgIpc) is 2.44. The molecule has 0 aromatic heterocycles. The number of amides is 4. The molecular weight excluding hydrogens is 828 g/mol. The van der Waals surface area contributed by atoms with Gasteiger partial charge in [-0.15, -0.1) is 0 Å². The number of rotatable bonds is 8. The number of carbonyl (C=O) groups is 4. The van der Waals surface area contributed by atoms with Gasteiger partial charge in [-0.25, -0.2) is 0 Å². The molecule has 0 heterocycles. The predicted octanol–water partition coefficient (Wildman–Crippen LogP) is -5.99. The Kier molecular flexibility index (Phi) is 64.7. The van der Waals surface area contributed by atoms with E-state index in [1.165, 1.54) is 0 Å². The number of hydrogen-bond donors (Lipinski definition) is 14. The van der Waals surface area contributed by atoms with Gasteiger partial charge in [-0.3, -0.25) is 41.3 Å². The van der Waals surface area contributed by atoms with Crippen molar-refractivity contribution in [2.45, 2.75) is 54.6 Å². The second-order valence-electron chi connectivity index (χ2n) is 4.75. The molecule has 0 aliphatic rings. The van der Waals surface area contributed by atoms with E-state index < -0.39 is 48.5 Å². The van der Waals surface area contributed by atoms with Crippen LogP contribution in [0.15, 0.2) is 0 Å². The molecule has 36 heavy (non-hydrogen) atoms. The molecule has 0 aromatic carbocycles. The van der Waals surface area contributed by atoms with Gasteiger partial charge in [-0.05, 0) is 0 Å². The Balaban J connectivity index is -0.0000000495. The summed E-state index contributed by atoms with van der Waals surface area (Å²) in [6.45, 7) is -0.134. The Labute approximate surface area is 242 Å². The van der Waals surface area contributed by atoms with Crippen molar-refractivity contribution in [2.24, 2.45) is 34.4 Å². The number of nitrogens with two attached hydrogens (primary N) is 6. The van der Waals surface area contributed by atoms with Crippen LogP contribution in [-0.4, -0.2) is 76.1 Å². The Morgan fingerprint density at radius 2 is 0.806 bits per heavy atom. The number of nitrogens with one attached hydrogen (secondary N) is 4. The van der Waals surface area contributed by atoms with E-state index in [-0.39, 0.29) is 99.3 Å². The summed E-state index contributed by atoms with van der Waals surface area (Å²) in [5.41, 5.74) is 27.7. The van der Waals surface area contributed by atoms with E-state index in [9.17, 15) is 29.4 Å². The molecule has 20 heteroatoms. The molecule has 0 aromatic rings. The molecule has 0 aliphatic heterocycles. The summed E-state index contributed by atoms with van der Waals surface area (Å²) < 4.78 is 0. The van der Waals surface area contributed by atoms with Gasteiger partial charge in [0.1, 0.15) is 12.8 Å². The van der Waals surface area contributed by atoms with E-state index in [1.54, 1.807) is 10.6 Å². The largest absolute Gasteiger partial charge is 0.358 e. The molecule has 0 atom stereocenters. The van der Waals surface area contributed by atoms with Crippen LogP contribution >= 0.6 is 0 Å². The van der Waals surface area contributed by atoms with Gasteiger partial charge < -0.3 is 61.4 Å². The van der Waals surface area contributed by atoms with Gasteiger partial charge in [0.15, 0.2) is 0 Å².